The van der Waals surface area contributed by atoms with Crippen LogP contribution in [0, 0.1) is 11.7 Å². The minimum Gasteiger partial charge on any atom is -0.398 e. The molecule has 1 aromatic rings. The first-order valence-electron chi connectivity index (χ1n) is 6.27. The van der Waals surface area contributed by atoms with E-state index >= 15 is 0 Å². The molecule has 5 nitrogen and oxygen atoms in total. The Labute approximate surface area is 111 Å². The highest BCUT2D eigenvalue weighted by Gasteiger charge is 2.22. The van der Waals surface area contributed by atoms with Crippen LogP contribution < -0.4 is 16.4 Å². The number of aliphatic hydroxyl groups is 1. The quantitative estimate of drug-likeness (QED) is 0.703. The van der Waals surface area contributed by atoms with E-state index in [1.807, 2.05) is 4.90 Å². The number of hydrogen-bond acceptors (Lipinski definition) is 4. The molecule has 0 spiro atoms. The molecule has 1 aliphatic heterocycles. The van der Waals surface area contributed by atoms with E-state index in [9.17, 15) is 9.18 Å². The Bertz CT molecular complexity index is 485. The first-order chi connectivity index (χ1) is 9.02. The molecular formula is C13H18FN3O2. The van der Waals surface area contributed by atoms with Gasteiger partial charge in [-0.3, -0.25) is 4.79 Å². The summed E-state index contributed by atoms with van der Waals surface area (Å²) in [6.07, 6.45) is 1.60. The van der Waals surface area contributed by atoms with Crippen molar-refractivity contribution < 1.29 is 14.3 Å². The molecule has 0 aliphatic carbocycles. The Hall–Kier alpha value is -1.82. The van der Waals surface area contributed by atoms with Crippen LogP contribution in [-0.2, 0) is 0 Å². The predicted octanol–water partition coefficient (Wildman–Crippen LogP) is 0.716. The van der Waals surface area contributed by atoms with Crippen molar-refractivity contribution in [2.45, 2.75) is 12.8 Å². The molecule has 104 valence electrons. The van der Waals surface area contributed by atoms with Crippen molar-refractivity contribution in [3.05, 3.63) is 23.5 Å². The maximum atomic E-state index is 13.9. The summed E-state index contributed by atoms with van der Waals surface area (Å²) in [5, 5.41) is 9.09. The average molecular weight is 267 g/mol. The van der Waals surface area contributed by atoms with E-state index < -0.39 is 11.7 Å². The zero-order chi connectivity index (χ0) is 14.0. The number of rotatable bonds is 3. The van der Waals surface area contributed by atoms with Crippen LogP contribution in [0.1, 0.15) is 23.2 Å². The third kappa shape index (κ3) is 2.78. The van der Waals surface area contributed by atoms with E-state index in [1.165, 1.54) is 6.07 Å². The average Bonchev–Trinajstić information content (AvgIpc) is 2.38. The molecule has 5 N–H and O–H groups in total. The maximum absolute atomic E-state index is 13.9. The Morgan fingerprint density at radius 3 is 2.58 bits per heavy atom. The lowest BCUT2D eigenvalue weighted by atomic mass is 9.97. The van der Waals surface area contributed by atoms with Gasteiger partial charge in [0.2, 0.25) is 0 Å². The molecule has 6 heteroatoms. The van der Waals surface area contributed by atoms with Crippen LogP contribution in [0.2, 0.25) is 0 Å². The lowest BCUT2D eigenvalue weighted by Crippen LogP contribution is -2.35. The van der Waals surface area contributed by atoms with Crippen LogP contribution >= 0.6 is 0 Å². The molecule has 0 atom stereocenters. The van der Waals surface area contributed by atoms with Gasteiger partial charge < -0.3 is 21.5 Å². The third-order valence-electron chi connectivity index (χ3n) is 3.60. The normalized spacial score (nSPS) is 16.6. The van der Waals surface area contributed by atoms with Crippen LogP contribution in [0.4, 0.5) is 15.8 Å². The smallest absolute Gasteiger partial charge is 0.250 e. The summed E-state index contributed by atoms with van der Waals surface area (Å²) in [5.41, 5.74) is 11.3. The standard InChI is InChI=1S/C13H18FN3O2/c14-10-6-11(15)9(13(16)19)5-12(10)17-3-1-8(7-18)2-4-17/h5-6,8,18H,1-4,7,15H2,(H2,16,19). The summed E-state index contributed by atoms with van der Waals surface area (Å²) in [5.74, 6) is -0.849. The molecule has 1 aliphatic rings. The lowest BCUT2D eigenvalue weighted by Gasteiger charge is -2.33. The third-order valence-corrected chi connectivity index (χ3v) is 3.60. The molecule has 0 saturated carbocycles. The van der Waals surface area contributed by atoms with Gasteiger partial charge in [-0.15, -0.1) is 0 Å². The second-order valence-electron chi connectivity index (χ2n) is 4.87. The number of nitrogens with two attached hydrogens (primary N) is 2. The number of primary amides is 1. The Morgan fingerprint density at radius 1 is 1.42 bits per heavy atom. The number of piperidine rings is 1. The summed E-state index contributed by atoms with van der Waals surface area (Å²) in [6, 6.07) is 2.54. The second-order valence-corrected chi connectivity index (χ2v) is 4.87. The molecule has 1 amide bonds. The van der Waals surface area contributed by atoms with Gasteiger partial charge in [-0.2, -0.15) is 0 Å². The molecule has 19 heavy (non-hydrogen) atoms. The Balaban J connectivity index is 2.25. The first-order valence-corrected chi connectivity index (χ1v) is 6.27. The minimum absolute atomic E-state index is 0.0546. The zero-order valence-corrected chi connectivity index (χ0v) is 10.6. The molecule has 1 aromatic carbocycles. The fourth-order valence-electron chi connectivity index (χ4n) is 2.39. The molecular weight excluding hydrogens is 249 g/mol. The molecule has 1 heterocycles. The molecule has 1 saturated heterocycles. The Kier molecular flexibility index (Phi) is 3.90. The number of nitrogens with zero attached hydrogens (tertiary/aromatic N) is 1. The van der Waals surface area contributed by atoms with E-state index in [2.05, 4.69) is 0 Å². The minimum atomic E-state index is -0.663. The Morgan fingerprint density at radius 2 is 2.05 bits per heavy atom. The fourth-order valence-corrected chi connectivity index (χ4v) is 2.39. The SMILES string of the molecule is NC(=O)c1cc(N2CCC(CO)CC2)c(F)cc1N. The van der Waals surface area contributed by atoms with Crippen molar-refractivity contribution in [3.63, 3.8) is 0 Å². The molecule has 0 bridgehead atoms. The van der Waals surface area contributed by atoms with Gasteiger partial charge in [0.1, 0.15) is 5.82 Å². The number of anilines is 2. The monoisotopic (exact) mass is 267 g/mol. The van der Waals surface area contributed by atoms with Crippen molar-refractivity contribution in [1.82, 2.24) is 0 Å². The molecule has 0 radical (unpaired) electrons. The van der Waals surface area contributed by atoms with Crippen LogP contribution in [0.5, 0.6) is 0 Å². The van der Waals surface area contributed by atoms with Gasteiger partial charge in [-0.05, 0) is 30.9 Å². The number of aliphatic hydroxyl groups excluding tert-OH is 1. The molecule has 2 rings (SSSR count). The van der Waals surface area contributed by atoms with Gasteiger partial charge >= 0.3 is 0 Å². The van der Waals surface area contributed by atoms with Crippen molar-refractivity contribution in [1.29, 1.82) is 0 Å². The van der Waals surface area contributed by atoms with Gasteiger partial charge in [0.15, 0.2) is 0 Å². The van der Waals surface area contributed by atoms with E-state index in [1.54, 1.807) is 0 Å². The second kappa shape index (κ2) is 5.44. The number of amides is 1. The van der Waals surface area contributed by atoms with Gasteiger partial charge in [-0.25, -0.2) is 4.39 Å². The number of hydrogen-bond donors (Lipinski definition) is 3. The van der Waals surface area contributed by atoms with E-state index in [0.29, 0.717) is 18.8 Å². The zero-order valence-electron chi connectivity index (χ0n) is 10.6. The van der Waals surface area contributed by atoms with Crippen LogP contribution in [-0.4, -0.2) is 30.7 Å². The highest BCUT2D eigenvalue weighted by atomic mass is 19.1. The summed E-state index contributed by atoms with van der Waals surface area (Å²) in [4.78, 5) is 13.1. The highest BCUT2D eigenvalue weighted by Crippen LogP contribution is 2.29. The van der Waals surface area contributed by atoms with Gasteiger partial charge in [0.05, 0.1) is 11.3 Å². The largest absolute Gasteiger partial charge is 0.398 e. The van der Waals surface area contributed by atoms with E-state index in [4.69, 9.17) is 16.6 Å². The van der Waals surface area contributed by atoms with E-state index in [-0.39, 0.29) is 23.8 Å². The van der Waals surface area contributed by atoms with Crippen molar-refractivity contribution in [3.8, 4) is 0 Å². The number of carbonyl (C=O) groups is 1. The van der Waals surface area contributed by atoms with Crippen LogP contribution in [0.15, 0.2) is 12.1 Å². The maximum Gasteiger partial charge on any atom is 0.250 e. The first kappa shape index (κ1) is 13.6. The lowest BCUT2D eigenvalue weighted by molar-refractivity contribution is 0.100. The van der Waals surface area contributed by atoms with Crippen LogP contribution in [0.3, 0.4) is 0 Å². The summed E-state index contributed by atoms with van der Waals surface area (Å²) in [7, 11) is 0. The van der Waals surface area contributed by atoms with Gasteiger partial charge in [0.25, 0.3) is 5.91 Å². The number of nitrogen functional groups attached to an aromatic ring is 1. The number of benzene rings is 1. The van der Waals surface area contributed by atoms with Crippen molar-refractivity contribution in [2.24, 2.45) is 11.7 Å². The molecule has 1 fully saturated rings. The van der Waals surface area contributed by atoms with Crippen LogP contribution in [0.25, 0.3) is 0 Å². The topological polar surface area (TPSA) is 92.6 Å². The molecule has 0 unspecified atom stereocenters. The number of carbonyl (C=O) groups excluding carboxylic acids is 1. The summed E-state index contributed by atoms with van der Waals surface area (Å²) >= 11 is 0. The summed E-state index contributed by atoms with van der Waals surface area (Å²) < 4.78 is 13.9. The predicted molar refractivity (Wildman–Crippen MR) is 71.4 cm³/mol. The molecule has 0 aromatic heterocycles. The van der Waals surface area contributed by atoms with Crippen molar-refractivity contribution in [2.75, 3.05) is 30.3 Å². The fraction of sp³-hybridized carbons (Fsp3) is 0.462. The van der Waals surface area contributed by atoms with Crippen molar-refractivity contribution >= 4 is 17.3 Å². The summed E-state index contributed by atoms with van der Waals surface area (Å²) in [6.45, 7) is 1.44. The van der Waals surface area contributed by atoms with E-state index in [0.717, 1.165) is 18.9 Å². The highest BCUT2D eigenvalue weighted by molar-refractivity contribution is 5.99. The van der Waals surface area contributed by atoms with Gasteiger partial charge in [-0.1, -0.05) is 0 Å². The van der Waals surface area contributed by atoms with Gasteiger partial charge in [0, 0.05) is 25.4 Å². The number of halogens is 1.